The van der Waals surface area contributed by atoms with Crippen molar-refractivity contribution in [2.24, 2.45) is 0 Å². The van der Waals surface area contributed by atoms with Crippen molar-refractivity contribution in [3.05, 3.63) is 87.1 Å². The van der Waals surface area contributed by atoms with Crippen LogP contribution in [0.15, 0.2) is 71.5 Å². The molecular formula is C20H12Cl2N2O. The van der Waals surface area contributed by atoms with Crippen LogP contribution in [0.25, 0.3) is 33.4 Å². The average Bonchev–Trinajstić information content (AvgIpc) is 2.63. The van der Waals surface area contributed by atoms with Crippen molar-refractivity contribution in [3.8, 4) is 22.5 Å². The Morgan fingerprint density at radius 3 is 2.28 bits per heavy atom. The fraction of sp³-hybridized carbons (Fsp3) is 0. The lowest BCUT2D eigenvalue weighted by Crippen LogP contribution is -2.09. The van der Waals surface area contributed by atoms with Gasteiger partial charge >= 0.3 is 0 Å². The topological polar surface area (TPSA) is 45.8 Å². The van der Waals surface area contributed by atoms with Crippen LogP contribution in [0.3, 0.4) is 0 Å². The van der Waals surface area contributed by atoms with Gasteiger partial charge in [-0.25, -0.2) is 4.98 Å². The van der Waals surface area contributed by atoms with E-state index in [0.717, 1.165) is 16.7 Å². The molecule has 0 aliphatic rings. The molecule has 1 aromatic heterocycles. The summed E-state index contributed by atoms with van der Waals surface area (Å²) in [5.41, 5.74) is 3.07. The zero-order valence-corrected chi connectivity index (χ0v) is 14.5. The van der Waals surface area contributed by atoms with E-state index < -0.39 is 0 Å². The molecule has 4 rings (SSSR count). The zero-order valence-electron chi connectivity index (χ0n) is 13.0. The van der Waals surface area contributed by atoms with Gasteiger partial charge < -0.3 is 4.98 Å². The van der Waals surface area contributed by atoms with E-state index in [0.29, 0.717) is 26.8 Å². The number of para-hydroxylation sites is 1. The average molecular weight is 367 g/mol. The van der Waals surface area contributed by atoms with E-state index >= 15 is 0 Å². The predicted octanol–water partition coefficient (Wildman–Crippen LogP) is 5.56. The summed E-state index contributed by atoms with van der Waals surface area (Å²) in [6, 6.07) is 20.6. The minimum Gasteiger partial charge on any atom is -0.306 e. The van der Waals surface area contributed by atoms with Crippen molar-refractivity contribution in [2.75, 3.05) is 0 Å². The number of nitrogens with zero attached hydrogens (tertiary/aromatic N) is 1. The molecule has 4 aromatic rings. The van der Waals surface area contributed by atoms with Gasteiger partial charge in [-0.15, -0.1) is 0 Å². The summed E-state index contributed by atoms with van der Waals surface area (Å²) < 4.78 is 0. The first-order valence-corrected chi connectivity index (χ1v) is 8.42. The number of aromatic amines is 1. The third-order valence-electron chi connectivity index (χ3n) is 3.98. The summed E-state index contributed by atoms with van der Waals surface area (Å²) in [5.74, 6) is 0.481. The normalized spacial score (nSPS) is 11.0. The minimum absolute atomic E-state index is 0.212. The Morgan fingerprint density at radius 1 is 0.800 bits per heavy atom. The highest BCUT2D eigenvalue weighted by atomic mass is 35.5. The third kappa shape index (κ3) is 3.04. The Labute approximate surface area is 153 Å². The third-order valence-corrected chi connectivity index (χ3v) is 4.52. The monoisotopic (exact) mass is 366 g/mol. The Morgan fingerprint density at radius 2 is 1.48 bits per heavy atom. The fourth-order valence-electron chi connectivity index (χ4n) is 2.78. The second kappa shape index (κ2) is 6.36. The van der Waals surface area contributed by atoms with Crippen LogP contribution in [-0.4, -0.2) is 9.97 Å². The molecule has 0 fully saturated rings. The number of benzene rings is 3. The zero-order chi connectivity index (χ0) is 17.4. The summed E-state index contributed by atoms with van der Waals surface area (Å²) in [6.45, 7) is 0. The predicted molar refractivity (Wildman–Crippen MR) is 103 cm³/mol. The van der Waals surface area contributed by atoms with Gasteiger partial charge in [0.15, 0.2) is 0 Å². The summed E-state index contributed by atoms with van der Waals surface area (Å²) in [7, 11) is 0. The van der Waals surface area contributed by atoms with E-state index in [9.17, 15) is 4.79 Å². The number of rotatable bonds is 2. The molecule has 25 heavy (non-hydrogen) atoms. The standard InChI is InChI=1S/C20H12Cl2N2O/c21-15-7-2-5-13(11-15)12-4-1-6-14(10-12)19-23-18-16(20(25)24-19)8-3-9-17(18)22/h1-11H,(H,23,24,25). The molecule has 0 amide bonds. The number of halogens is 2. The Hall–Kier alpha value is -2.62. The van der Waals surface area contributed by atoms with Gasteiger partial charge in [-0.3, -0.25) is 4.79 Å². The molecule has 0 atom stereocenters. The van der Waals surface area contributed by atoms with Gasteiger partial charge in [0.2, 0.25) is 0 Å². The van der Waals surface area contributed by atoms with Crippen molar-refractivity contribution in [1.29, 1.82) is 0 Å². The van der Waals surface area contributed by atoms with Gasteiger partial charge in [-0.2, -0.15) is 0 Å². The summed E-state index contributed by atoms with van der Waals surface area (Å²) in [5, 5.41) is 1.60. The van der Waals surface area contributed by atoms with Crippen molar-refractivity contribution < 1.29 is 0 Å². The molecule has 0 spiro atoms. The van der Waals surface area contributed by atoms with Crippen molar-refractivity contribution in [3.63, 3.8) is 0 Å². The van der Waals surface area contributed by atoms with Gasteiger partial charge in [0.25, 0.3) is 5.56 Å². The quantitative estimate of drug-likeness (QED) is 0.504. The highest BCUT2D eigenvalue weighted by molar-refractivity contribution is 6.35. The van der Waals surface area contributed by atoms with Crippen molar-refractivity contribution in [2.45, 2.75) is 0 Å². The number of aromatic nitrogens is 2. The van der Waals surface area contributed by atoms with Crippen molar-refractivity contribution >= 4 is 34.1 Å². The van der Waals surface area contributed by atoms with E-state index in [1.165, 1.54) is 0 Å². The molecule has 5 heteroatoms. The first kappa shape index (κ1) is 15.9. The number of hydrogen-bond acceptors (Lipinski definition) is 2. The first-order valence-electron chi connectivity index (χ1n) is 7.67. The summed E-state index contributed by atoms with van der Waals surface area (Å²) >= 11 is 12.3. The number of H-pyrrole nitrogens is 1. The smallest absolute Gasteiger partial charge is 0.259 e. The lowest BCUT2D eigenvalue weighted by Gasteiger charge is -2.07. The van der Waals surface area contributed by atoms with Crippen LogP contribution in [-0.2, 0) is 0 Å². The van der Waals surface area contributed by atoms with Crippen LogP contribution >= 0.6 is 23.2 Å². The van der Waals surface area contributed by atoms with Crippen LogP contribution < -0.4 is 5.56 Å². The maximum Gasteiger partial charge on any atom is 0.259 e. The van der Waals surface area contributed by atoms with Gasteiger partial charge in [-0.05, 0) is 41.5 Å². The highest BCUT2D eigenvalue weighted by Gasteiger charge is 2.09. The van der Waals surface area contributed by atoms with Crippen LogP contribution in [0.5, 0.6) is 0 Å². The number of fused-ring (bicyclic) bond motifs is 1. The van der Waals surface area contributed by atoms with Gasteiger partial charge in [0.05, 0.1) is 15.9 Å². The van der Waals surface area contributed by atoms with E-state index in [1.54, 1.807) is 18.2 Å². The molecule has 122 valence electrons. The first-order chi connectivity index (χ1) is 12.1. The Bertz CT molecular complexity index is 1150. The molecule has 0 bridgehead atoms. The van der Waals surface area contributed by atoms with Crippen LogP contribution in [0.2, 0.25) is 10.0 Å². The maximum absolute atomic E-state index is 12.4. The van der Waals surface area contributed by atoms with E-state index in [-0.39, 0.29) is 5.56 Å². The molecule has 0 aliphatic heterocycles. The molecule has 0 saturated carbocycles. The van der Waals surface area contributed by atoms with Gasteiger partial charge in [0.1, 0.15) is 5.82 Å². The molecule has 1 heterocycles. The van der Waals surface area contributed by atoms with Crippen LogP contribution in [0.1, 0.15) is 0 Å². The summed E-state index contributed by atoms with van der Waals surface area (Å²) in [4.78, 5) is 19.7. The lowest BCUT2D eigenvalue weighted by molar-refractivity contribution is 1.18. The molecule has 0 radical (unpaired) electrons. The largest absolute Gasteiger partial charge is 0.306 e. The SMILES string of the molecule is O=c1[nH]c(-c2cccc(-c3cccc(Cl)c3)c2)nc2c(Cl)cccc12. The second-order valence-corrected chi connectivity index (χ2v) is 6.49. The molecular weight excluding hydrogens is 355 g/mol. The van der Waals surface area contributed by atoms with E-state index in [2.05, 4.69) is 9.97 Å². The fourth-order valence-corrected chi connectivity index (χ4v) is 3.18. The maximum atomic E-state index is 12.4. The summed E-state index contributed by atoms with van der Waals surface area (Å²) in [6.07, 6.45) is 0. The molecule has 3 nitrogen and oxygen atoms in total. The van der Waals surface area contributed by atoms with Gasteiger partial charge in [-0.1, -0.05) is 59.6 Å². The van der Waals surface area contributed by atoms with Crippen LogP contribution in [0.4, 0.5) is 0 Å². The number of hydrogen-bond donors (Lipinski definition) is 1. The Kier molecular flexibility index (Phi) is 4.04. The number of nitrogens with one attached hydrogen (secondary N) is 1. The van der Waals surface area contributed by atoms with Gasteiger partial charge in [0, 0.05) is 10.6 Å². The van der Waals surface area contributed by atoms with Crippen LogP contribution in [0, 0.1) is 0 Å². The molecule has 0 unspecified atom stereocenters. The molecule has 1 N–H and O–H groups in total. The molecule has 0 aliphatic carbocycles. The van der Waals surface area contributed by atoms with E-state index in [4.69, 9.17) is 23.2 Å². The molecule has 0 saturated heterocycles. The minimum atomic E-state index is -0.212. The van der Waals surface area contributed by atoms with Crippen molar-refractivity contribution in [1.82, 2.24) is 9.97 Å². The Balaban J connectivity index is 1.88. The lowest BCUT2D eigenvalue weighted by atomic mass is 10.0. The van der Waals surface area contributed by atoms with E-state index in [1.807, 2.05) is 48.5 Å². The highest BCUT2D eigenvalue weighted by Crippen LogP contribution is 2.27. The molecule has 3 aromatic carbocycles. The second-order valence-electron chi connectivity index (χ2n) is 5.64.